The lowest BCUT2D eigenvalue weighted by Gasteiger charge is -2.37. The van der Waals surface area contributed by atoms with E-state index in [1.165, 1.54) is 32.1 Å². The Hall–Kier alpha value is -0.520. The minimum absolute atomic E-state index is 0.826. The molecule has 2 atom stereocenters. The Morgan fingerprint density at radius 2 is 1.87 bits per heavy atom. The zero-order valence-corrected chi connectivity index (χ0v) is 10.7. The van der Waals surface area contributed by atoms with E-state index in [0.717, 1.165) is 11.8 Å². The third-order valence-corrected chi connectivity index (χ3v) is 4.35. The van der Waals surface area contributed by atoms with Crippen LogP contribution in [0.5, 0.6) is 0 Å². The summed E-state index contributed by atoms with van der Waals surface area (Å²) in [5, 5.41) is 0. The molecule has 2 aliphatic carbocycles. The fraction of sp³-hybridized carbons (Fsp3) is 0.733. The molecule has 0 heterocycles. The molecule has 0 aliphatic heterocycles. The van der Waals surface area contributed by atoms with Gasteiger partial charge < -0.3 is 0 Å². The van der Waals surface area contributed by atoms with E-state index < -0.39 is 0 Å². The van der Waals surface area contributed by atoms with Crippen LogP contribution in [-0.2, 0) is 0 Å². The van der Waals surface area contributed by atoms with Crippen LogP contribution in [0.15, 0.2) is 22.3 Å². The van der Waals surface area contributed by atoms with Gasteiger partial charge in [0, 0.05) is 5.92 Å². The van der Waals surface area contributed by atoms with E-state index in [4.69, 9.17) is 0 Å². The van der Waals surface area contributed by atoms with Gasteiger partial charge in [0.1, 0.15) is 0 Å². The van der Waals surface area contributed by atoms with E-state index in [-0.39, 0.29) is 0 Å². The van der Waals surface area contributed by atoms with Crippen molar-refractivity contribution in [3.8, 4) is 0 Å². The molecule has 1 saturated carbocycles. The molecule has 0 aromatic rings. The van der Waals surface area contributed by atoms with Crippen molar-refractivity contribution in [2.75, 3.05) is 0 Å². The maximum atomic E-state index is 2.42. The lowest BCUT2D eigenvalue weighted by atomic mass is 9.68. The van der Waals surface area contributed by atoms with Crippen molar-refractivity contribution in [3.05, 3.63) is 22.3 Å². The first-order valence-electron chi connectivity index (χ1n) is 6.44. The SMILES string of the molecule is CC(C)=C1CCC(C)=C2CCC(C)CC12. The highest BCUT2D eigenvalue weighted by Crippen LogP contribution is 2.45. The van der Waals surface area contributed by atoms with Crippen molar-refractivity contribution < 1.29 is 0 Å². The minimum Gasteiger partial charge on any atom is -0.0766 e. The molecule has 0 nitrogen and oxygen atoms in total. The van der Waals surface area contributed by atoms with Gasteiger partial charge in [-0.25, -0.2) is 0 Å². The van der Waals surface area contributed by atoms with Gasteiger partial charge in [-0.1, -0.05) is 29.2 Å². The first kappa shape index (κ1) is 11.0. The Labute approximate surface area is 94.5 Å². The van der Waals surface area contributed by atoms with Gasteiger partial charge in [-0.15, -0.1) is 0 Å². The summed E-state index contributed by atoms with van der Waals surface area (Å²) < 4.78 is 0. The Kier molecular flexibility index (Phi) is 3.04. The second-order valence-electron chi connectivity index (χ2n) is 5.76. The average Bonchev–Trinajstić information content (AvgIpc) is 2.17. The van der Waals surface area contributed by atoms with Crippen LogP contribution in [0.3, 0.4) is 0 Å². The molecule has 0 spiro atoms. The van der Waals surface area contributed by atoms with Gasteiger partial charge in [-0.3, -0.25) is 0 Å². The van der Waals surface area contributed by atoms with Gasteiger partial charge in [0.05, 0.1) is 0 Å². The average molecular weight is 204 g/mol. The molecule has 0 N–H and O–H groups in total. The molecule has 0 bridgehead atoms. The molecule has 0 aromatic carbocycles. The van der Waals surface area contributed by atoms with E-state index in [9.17, 15) is 0 Å². The second-order valence-corrected chi connectivity index (χ2v) is 5.76. The smallest absolute Gasteiger partial charge is 0.00146 e. The van der Waals surface area contributed by atoms with E-state index in [0.29, 0.717) is 0 Å². The van der Waals surface area contributed by atoms with Gasteiger partial charge in [0.25, 0.3) is 0 Å². The number of fused-ring (bicyclic) bond motifs is 1. The summed E-state index contributed by atoms with van der Waals surface area (Å²) in [4.78, 5) is 0. The predicted molar refractivity (Wildman–Crippen MR) is 66.8 cm³/mol. The second kappa shape index (κ2) is 4.15. The molecule has 0 heteroatoms. The maximum Gasteiger partial charge on any atom is 0.00146 e. The normalized spacial score (nSPS) is 31.6. The van der Waals surface area contributed by atoms with Gasteiger partial charge in [-0.2, -0.15) is 0 Å². The molecule has 0 saturated heterocycles. The van der Waals surface area contributed by atoms with E-state index >= 15 is 0 Å². The molecule has 15 heavy (non-hydrogen) atoms. The molecule has 2 unspecified atom stereocenters. The highest BCUT2D eigenvalue weighted by Gasteiger charge is 2.30. The summed E-state index contributed by atoms with van der Waals surface area (Å²) in [6.45, 7) is 9.38. The number of hydrogen-bond acceptors (Lipinski definition) is 0. The van der Waals surface area contributed by atoms with Gasteiger partial charge in [0.15, 0.2) is 0 Å². The topological polar surface area (TPSA) is 0 Å². The largest absolute Gasteiger partial charge is 0.0766 e. The molecular weight excluding hydrogens is 180 g/mol. The third kappa shape index (κ3) is 2.04. The van der Waals surface area contributed by atoms with Crippen LogP contribution in [-0.4, -0.2) is 0 Å². The first-order valence-corrected chi connectivity index (χ1v) is 6.44. The van der Waals surface area contributed by atoms with Gasteiger partial charge in [0.2, 0.25) is 0 Å². The van der Waals surface area contributed by atoms with Gasteiger partial charge >= 0.3 is 0 Å². The van der Waals surface area contributed by atoms with Crippen LogP contribution in [0, 0.1) is 11.8 Å². The zero-order chi connectivity index (χ0) is 11.0. The number of rotatable bonds is 0. The maximum absolute atomic E-state index is 2.42. The minimum atomic E-state index is 0.826. The standard InChI is InChI=1S/C15H24/c1-10(2)13-8-6-12(4)14-7-5-11(3)9-15(13)14/h11,15H,5-9H2,1-4H3. The molecule has 0 amide bonds. The van der Waals surface area contributed by atoms with Gasteiger partial charge in [-0.05, 0) is 58.8 Å². The van der Waals surface area contributed by atoms with Crippen LogP contribution < -0.4 is 0 Å². The monoisotopic (exact) mass is 204 g/mol. The Balaban J connectivity index is 2.34. The van der Waals surface area contributed by atoms with Crippen LogP contribution >= 0.6 is 0 Å². The van der Waals surface area contributed by atoms with Crippen molar-refractivity contribution >= 4 is 0 Å². The van der Waals surface area contributed by atoms with Crippen molar-refractivity contribution in [1.29, 1.82) is 0 Å². The van der Waals surface area contributed by atoms with Crippen molar-refractivity contribution in [3.63, 3.8) is 0 Å². The number of hydrogen-bond donors (Lipinski definition) is 0. The van der Waals surface area contributed by atoms with Crippen LogP contribution in [0.25, 0.3) is 0 Å². The summed E-state index contributed by atoms with van der Waals surface area (Å²) in [5.41, 5.74) is 6.86. The molecule has 0 aromatic heterocycles. The lowest BCUT2D eigenvalue weighted by molar-refractivity contribution is 0.364. The van der Waals surface area contributed by atoms with Crippen molar-refractivity contribution in [2.45, 2.75) is 59.8 Å². The fourth-order valence-corrected chi connectivity index (χ4v) is 3.36. The van der Waals surface area contributed by atoms with Crippen molar-refractivity contribution in [1.82, 2.24) is 0 Å². The van der Waals surface area contributed by atoms with Crippen LogP contribution in [0.4, 0.5) is 0 Å². The summed E-state index contributed by atoms with van der Waals surface area (Å²) in [5.74, 6) is 1.76. The first-order chi connectivity index (χ1) is 7.09. The van der Waals surface area contributed by atoms with E-state index in [1.54, 1.807) is 22.3 Å². The molecule has 84 valence electrons. The molecule has 2 aliphatic rings. The lowest BCUT2D eigenvalue weighted by Crippen LogP contribution is -2.23. The zero-order valence-electron chi connectivity index (χ0n) is 10.7. The van der Waals surface area contributed by atoms with Crippen LogP contribution in [0.2, 0.25) is 0 Å². The van der Waals surface area contributed by atoms with E-state index in [1.807, 2.05) is 0 Å². The summed E-state index contributed by atoms with van der Waals surface area (Å²) in [7, 11) is 0. The predicted octanol–water partition coefficient (Wildman–Crippen LogP) is 4.87. The molecule has 0 radical (unpaired) electrons. The molecule has 2 rings (SSSR count). The summed E-state index contributed by atoms with van der Waals surface area (Å²) >= 11 is 0. The van der Waals surface area contributed by atoms with E-state index in [2.05, 4.69) is 27.7 Å². The van der Waals surface area contributed by atoms with Crippen molar-refractivity contribution in [2.24, 2.45) is 11.8 Å². The summed E-state index contributed by atoms with van der Waals surface area (Å²) in [6, 6.07) is 0. The third-order valence-electron chi connectivity index (χ3n) is 4.35. The highest BCUT2D eigenvalue weighted by atomic mass is 14.4. The quantitative estimate of drug-likeness (QED) is 0.494. The molecule has 1 fully saturated rings. The Morgan fingerprint density at radius 3 is 2.53 bits per heavy atom. The highest BCUT2D eigenvalue weighted by molar-refractivity contribution is 5.33. The summed E-state index contributed by atoms with van der Waals surface area (Å²) in [6.07, 6.45) is 6.84. The number of allylic oxidation sites excluding steroid dienone is 4. The van der Waals surface area contributed by atoms with Crippen LogP contribution in [0.1, 0.15) is 59.8 Å². The molecular formula is C15H24. The Morgan fingerprint density at radius 1 is 1.13 bits per heavy atom. The Bertz CT molecular complexity index is 313. The fourth-order valence-electron chi connectivity index (χ4n) is 3.36.